The summed E-state index contributed by atoms with van der Waals surface area (Å²) in [5, 5.41) is 3.43. The first-order valence-electron chi connectivity index (χ1n) is 6.75. The van der Waals surface area contributed by atoms with Gasteiger partial charge in [0, 0.05) is 24.4 Å². The number of hydrogen-bond donors (Lipinski definition) is 1. The maximum absolute atomic E-state index is 5.80. The number of rotatable bonds is 4. The van der Waals surface area contributed by atoms with Crippen LogP contribution in [0.4, 0.5) is 0 Å². The fourth-order valence-corrected chi connectivity index (χ4v) is 2.19. The summed E-state index contributed by atoms with van der Waals surface area (Å²) < 4.78 is 11.4. The van der Waals surface area contributed by atoms with Crippen molar-refractivity contribution in [1.82, 2.24) is 10.3 Å². The molecule has 102 valence electrons. The zero-order chi connectivity index (χ0) is 13.2. The average Bonchev–Trinajstić information content (AvgIpc) is 2.85. The summed E-state index contributed by atoms with van der Waals surface area (Å²) in [6.45, 7) is 10.2. The molecule has 2 unspecified atom stereocenters. The van der Waals surface area contributed by atoms with Crippen molar-refractivity contribution in [2.75, 3.05) is 13.2 Å². The zero-order valence-electron chi connectivity index (χ0n) is 11.8. The summed E-state index contributed by atoms with van der Waals surface area (Å²) in [7, 11) is 0. The van der Waals surface area contributed by atoms with Crippen LogP contribution in [-0.4, -0.2) is 29.8 Å². The lowest BCUT2D eigenvalue weighted by Crippen LogP contribution is -2.37. The minimum absolute atomic E-state index is 0.143. The highest BCUT2D eigenvalue weighted by molar-refractivity contribution is 5.04. The van der Waals surface area contributed by atoms with Crippen LogP contribution in [0.15, 0.2) is 10.6 Å². The minimum Gasteiger partial charge on any atom is -0.445 e. The topological polar surface area (TPSA) is 47.3 Å². The van der Waals surface area contributed by atoms with E-state index in [4.69, 9.17) is 9.15 Å². The molecular formula is C14H24N2O2. The van der Waals surface area contributed by atoms with E-state index in [-0.39, 0.29) is 5.54 Å². The van der Waals surface area contributed by atoms with Gasteiger partial charge in [0.05, 0.1) is 18.9 Å². The van der Waals surface area contributed by atoms with Crippen LogP contribution < -0.4 is 5.32 Å². The lowest BCUT2D eigenvalue weighted by molar-refractivity contribution is 0.122. The van der Waals surface area contributed by atoms with Gasteiger partial charge < -0.3 is 14.5 Å². The van der Waals surface area contributed by atoms with Gasteiger partial charge in [-0.15, -0.1) is 0 Å². The molecule has 1 aromatic rings. The van der Waals surface area contributed by atoms with Gasteiger partial charge in [-0.1, -0.05) is 0 Å². The Bertz CT molecular complexity index is 381. The van der Waals surface area contributed by atoms with Crippen molar-refractivity contribution in [2.45, 2.75) is 58.1 Å². The standard InChI is InChI=1S/C14H24N2O2/c1-10-7-11(9-17-10)12-8-15-13(18-12)5-6-16-14(2,3)4/h8,10-11,16H,5-7,9H2,1-4H3. The summed E-state index contributed by atoms with van der Waals surface area (Å²) in [6.07, 6.45) is 4.07. The van der Waals surface area contributed by atoms with Crippen molar-refractivity contribution in [3.05, 3.63) is 17.8 Å². The normalized spacial score (nSPS) is 24.7. The van der Waals surface area contributed by atoms with E-state index in [1.165, 1.54) is 0 Å². The molecule has 4 heteroatoms. The van der Waals surface area contributed by atoms with E-state index in [0.717, 1.165) is 37.6 Å². The quantitative estimate of drug-likeness (QED) is 0.894. The molecule has 0 aliphatic carbocycles. The van der Waals surface area contributed by atoms with Crippen molar-refractivity contribution >= 4 is 0 Å². The Labute approximate surface area is 109 Å². The average molecular weight is 252 g/mol. The molecule has 2 rings (SSSR count). The van der Waals surface area contributed by atoms with Crippen molar-refractivity contribution in [1.29, 1.82) is 0 Å². The van der Waals surface area contributed by atoms with E-state index >= 15 is 0 Å². The maximum Gasteiger partial charge on any atom is 0.195 e. The second-order valence-corrected chi connectivity index (χ2v) is 6.16. The molecule has 2 heterocycles. The molecule has 1 fully saturated rings. The molecular weight excluding hydrogens is 228 g/mol. The molecule has 0 aromatic carbocycles. The Morgan fingerprint density at radius 2 is 2.22 bits per heavy atom. The van der Waals surface area contributed by atoms with Gasteiger partial charge in [-0.25, -0.2) is 4.98 Å². The smallest absolute Gasteiger partial charge is 0.195 e. The van der Waals surface area contributed by atoms with Gasteiger partial charge in [0.2, 0.25) is 0 Å². The maximum atomic E-state index is 5.80. The minimum atomic E-state index is 0.143. The van der Waals surface area contributed by atoms with E-state index in [1.54, 1.807) is 0 Å². The molecule has 1 aliphatic rings. The lowest BCUT2D eigenvalue weighted by atomic mass is 10.0. The Morgan fingerprint density at radius 3 is 2.83 bits per heavy atom. The van der Waals surface area contributed by atoms with Gasteiger partial charge in [-0.2, -0.15) is 0 Å². The van der Waals surface area contributed by atoms with Crippen LogP contribution >= 0.6 is 0 Å². The summed E-state index contributed by atoms with van der Waals surface area (Å²) in [4.78, 5) is 4.34. The number of aromatic nitrogens is 1. The molecule has 0 saturated carbocycles. The van der Waals surface area contributed by atoms with Crippen molar-refractivity contribution in [3.8, 4) is 0 Å². The third-order valence-electron chi connectivity index (χ3n) is 3.17. The Balaban J connectivity index is 1.83. The van der Waals surface area contributed by atoms with Gasteiger partial charge in [-0.05, 0) is 34.1 Å². The molecule has 18 heavy (non-hydrogen) atoms. The summed E-state index contributed by atoms with van der Waals surface area (Å²) >= 11 is 0. The first-order valence-corrected chi connectivity index (χ1v) is 6.75. The number of nitrogens with zero attached hydrogens (tertiary/aromatic N) is 1. The Morgan fingerprint density at radius 1 is 1.44 bits per heavy atom. The van der Waals surface area contributed by atoms with Crippen LogP contribution in [0.2, 0.25) is 0 Å². The molecule has 4 nitrogen and oxygen atoms in total. The predicted octanol–water partition coefficient (Wildman–Crippen LogP) is 2.50. The predicted molar refractivity (Wildman–Crippen MR) is 70.7 cm³/mol. The van der Waals surface area contributed by atoms with Gasteiger partial charge >= 0.3 is 0 Å². The van der Waals surface area contributed by atoms with E-state index < -0.39 is 0 Å². The second-order valence-electron chi connectivity index (χ2n) is 6.16. The Kier molecular flexibility index (Phi) is 4.07. The second kappa shape index (κ2) is 5.41. The molecule has 1 saturated heterocycles. The number of ether oxygens (including phenoxy) is 1. The monoisotopic (exact) mass is 252 g/mol. The SMILES string of the molecule is CC1CC(c2cnc(CCNC(C)(C)C)o2)CO1. The van der Waals surface area contributed by atoms with E-state index in [0.29, 0.717) is 12.0 Å². The van der Waals surface area contributed by atoms with E-state index in [1.807, 2.05) is 6.20 Å². The van der Waals surface area contributed by atoms with E-state index in [9.17, 15) is 0 Å². The molecule has 0 radical (unpaired) electrons. The molecule has 2 atom stereocenters. The first kappa shape index (κ1) is 13.6. The largest absolute Gasteiger partial charge is 0.445 e. The fourth-order valence-electron chi connectivity index (χ4n) is 2.19. The molecule has 0 bridgehead atoms. The van der Waals surface area contributed by atoms with Gasteiger partial charge in [0.15, 0.2) is 5.89 Å². The fraction of sp³-hybridized carbons (Fsp3) is 0.786. The number of nitrogens with one attached hydrogen (secondary N) is 1. The van der Waals surface area contributed by atoms with Crippen LogP contribution in [0.3, 0.4) is 0 Å². The van der Waals surface area contributed by atoms with Crippen LogP contribution in [-0.2, 0) is 11.2 Å². The van der Waals surface area contributed by atoms with Crippen molar-refractivity contribution in [2.24, 2.45) is 0 Å². The van der Waals surface area contributed by atoms with Gasteiger partial charge in [-0.3, -0.25) is 0 Å². The zero-order valence-corrected chi connectivity index (χ0v) is 11.8. The van der Waals surface area contributed by atoms with Gasteiger partial charge in [0.25, 0.3) is 0 Å². The van der Waals surface area contributed by atoms with Crippen LogP contribution in [0.5, 0.6) is 0 Å². The first-order chi connectivity index (χ1) is 8.44. The summed E-state index contributed by atoms with van der Waals surface area (Å²) in [5.41, 5.74) is 0.143. The van der Waals surface area contributed by atoms with Crippen LogP contribution in [0.1, 0.15) is 51.7 Å². The third kappa shape index (κ3) is 3.82. The Hall–Kier alpha value is -0.870. The molecule has 1 aromatic heterocycles. The molecule has 0 spiro atoms. The highest BCUT2D eigenvalue weighted by atomic mass is 16.5. The highest BCUT2D eigenvalue weighted by Gasteiger charge is 2.26. The van der Waals surface area contributed by atoms with Crippen LogP contribution in [0, 0.1) is 0 Å². The molecule has 1 N–H and O–H groups in total. The molecule has 0 amide bonds. The number of oxazole rings is 1. The summed E-state index contributed by atoms with van der Waals surface area (Å²) in [6, 6.07) is 0. The lowest BCUT2D eigenvalue weighted by Gasteiger charge is -2.19. The van der Waals surface area contributed by atoms with Crippen molar-refractivity contribution in [3.63, 3.8) is 0 Å². The summed E-state index contributed by atoms with van der Waals surface area (Å²) in [5.74, 6) is 2.18. The third-order valence-corrected chi connectivity index (χ3v) is 3.17. The van der Waals surface area contributed by atoms with Crippen molar-refractivity contribution < 1.29 is 9.15 Å². The molecule has 1 aliphatic heterocycles. The number of hydrogen-bond acceptors (Lipinski definition) is 4. The van der Waals surface area contributed by atoms with Crippen LogP contribution in [0.25, 0.3) is 0 Å². The highest BCUT2D eigenvalue weighted by Crippen LogP contribution is 2.29. The van der Waals surface area contributed by atoms with Gasteiger partial charge in [0.1, 0.15) is 5.76 Å². The van der Waals surface area contributed by atoms with E-state index in [2.05, 4.69) is 38.0 Å².